The molecule has 1 aromatic rings. The number of allylic oxidation sites excluding steroid dienone is 1. The van der Waals surface area contributed by atoms with Gasteiger partial charge in [-0.2, -0.15) is 0 Å². The summed E-state index contributed by atoms with van der Waals surface area (Å²) in [5.74, 6) is 0.294. The molecule has 1 heterocycles. The Morgan fingerprint density at radius 2 is 2.13 bits per heavy atom. The molecular formula is C25H37NO5. The van der Waals surface area contributed by atoms with Crippen LogP contribution in [0.3, 0.4) is 0 Å². The molecule has 3 rings (SSSR count). The number of methoxy groups -OCH3 is 1. The molecule has 31 heavy (non-hydrogen) atoms. The van der Waals surface area contributed by atoms with E-state index in [2.05, 4.69) is 20.4 Å². The van der Waals surface area contributed by atoms with Crippen molar-refractivity contribution in [1.82, 2.24) is 0 Å². The Bertz CT molecular complexity index is 830. The molecule has 0 bridgehead atoms. The largest absolute Gasteiger partial charge is 0.544 e. The standard InChI is InChI=1S/C25H37NO5/c1-16-7-10-21-24(3,12-6-13-25(21,4)23(29)30-5)19(16)9-8-18-11-14-31-20(18)15-26-17(2)22(27)28/h11,14,17,19,21,26H,1,6-10,12-13,15H2,2-5H3,(H,27,28)/t17-,19-,21-,24+,25-/m0/s1. The van der Waals surface area contributed by atoms with Crippen LogP contribution in [0.15, 0.2) is 28.9 Å². The number of carbonyl (C=O) groups is 2. The first-order valence-corrected chi connectivity index (χ1v) is 11.5. The highest BCUT2D eigenvalue weighted by molar-refractivity contribution is 5.77. The van der Waals surface area contributed by atoms with Gasteiger partial charge in [0.05, 0.1) is 24.8 Å². The quantitative estimate of drug-likeness (QED) is 0.504. The van der Waals surface area contributed by atoms with Crippen molar-refractivity contribution < 1.29 is 29.2 Å². The smallest absolute Gasteiger partial charge is 0.311 e. The maximum absolute atomic E-state index is 12.7. The Morgan fingerprint density at radius 1 is 1.39 bits per heavy atom. The van der Waals surface area contributed by atoms with Crippen LogP contribution in [0, 0.1) is 22.7 Å². The normalized spacial score (nSPS) is 31.7. The minimum absolute atomic E-state index is 0.0238. The molecule has 2 fully saturated rings. The summed E-state index contributed by atoms with van der Waals surface area (Å²) in [5.41, 5.74) is 2.00. The van der Waals surface area contributed by atoms with Crippen LogP contribution >= 0.6 is 0 Å². The predicted octanol–water partition coefficient (Wildman–Crippen LogP) is 2.37. The Balaban J connectivity index is 1.75. The minimum Gasteiger partial charge on any atom is -0.544 e. The Hall–Kier alpha value is -2.08. The summed E-state index contributed by atoms with van der Waals surface area (Å²) in [4.78, 5) is 23.7. The van der Waals surface area contributed by atoms with Crippen LogP contribution in [0.1, 0.15) is 70.6 Å². The predicted molar refractivity (Wildman–Crippen MR) is 115 cm³/mol. The molecule has 2 aliphatic carbocycles. The van der Waals surface area contributed by atoms with Crippen LogP contribution in [0.5, 0.6) is 0 Å². The van der Waals surface area contributed by atoms with Crippen molar-refractivity contribution >= 4 is 11.9 Å². The van der Waals surface area contributed by atoms with E-state index in [1.54, 1.807) is 18.5 Å². The van der Waals surface area contributed by atoms with Gasteiger partial charge < -0.3 is 24.4 Å². The average molecular weight is 432 g/mol. The molecule has 172 valence electrons. The number of rotatable bonds is 8. The van der Waals surface area contributed by atoms with E-state index in [0.717, 1.165) is 56.3 Å². The zero-order valence-corrected chi connectivity index (χ0v) is 19.4. The van der Waals surface area contributed by atoms with Crippen LogP contribution in [-0.4, -0.2) is 25.1 Å². The lowest BCUT2D eigenvalue weighted by molar-refractivity contribution is -0.696. The van der Waals surface area contributed by atoms with E-state index in [1.165, 1.54) is 12.7 Å². The SMILES string of the molecule is C=C1CC[C@H]2[C@](C)(CCC[C@]2(C)C(=O)OC)[C@H]1CCc1ccoc1C[NH2+][C@@H](C)C(=O)[O-]. The molecule has 0 unspecified atom stereocenters. The lowest BCUT2D eigenvalue weighted by atomic mass is 9.46. The lowest BCUT2D eigenvalue weighted by Crippen LogP contribution is -2.90. The fourth-order valence-electron chi connectivity index (χ4n) is 6.41. The fraction of sp³-hybridized carbons (Fsp3) is 0.680. The van der Waals surface area contributed by atoms with Gasteiger partial charge in [-0.1, -0.05) is 25.5 Å². The van der Waals surface area contributed by atoms with E-state index in [4.69, 9.17) is 9.15 Å². The topological polar surface area (TPSA) is 96.2 Å². The zero-order chi connectivity index (χ0) is 22.8. The maximum Gasteiger partial charge on any atom is 0.311 e. The summed E-state index contributed by atoms with van der Waals surface area (Å²) < 4.78 is 10.9. The van der Waals surface area contributed by atoms with Gasteiger partial charge >= 0.3 is 5.97 Å². The summed E-state index contributed by atoms with van der Waals surface area (Å²) in [6.07, 6.45) is 8.43. The number of fused-ring (bicyclic) bond motifs is 1. The summed E-state index contributed by atoms with van der Waals surface area (Å²) in [6, 6.07) is 1.37. The first-order valence-electron chi connectivity index (χ1n) is 11.5. The third kappa shape index (κ3) is 4.45. The van der Waals surface area contributed by atoms with Crippen LogP contribution in [0.2, 0.25) is 0 Å². The van der Waals surface area contributed by atoms with Crippen molar-refractivity contribution in [1.29, 1.82) is 0 Å². The molecule has 0 amide bonds. The van der Waals surface area contributed by atoms with E-state index < -0.39 is 17.4 Å². The summed E-state index contributed by atoms with van der Waals surface area (Å²) >= 11 is 0. The van der Waals surface area contributed by atoms with Gasteiger partial charge in [-0.05, 0) is 81.3 Å². The second-order valence-electron chi connectivity index (χ2n) is 10.0. The molecular weight excluding hydrogens is 394 g/mol. The number of hydrogen-bond acceptors (Lipinski definition) is 5. The molecule has 0 spiro atoms. The number of carboxylic acid groups (broad SMARTS) is 1. The molecule has 2 saturated carbocycles. The van der Waals surface area contributed by atoms with Gasteiger partial charge in [-0.25, -0.2) is 0 Å². The number of aryl methyl sites for hydroxylation is 1. The third-order valence-corrected chi connectivity index (χ3v) is 8.24. The molecule has 0 aromatic carbocycles. The number of aliphatic carboxylic acids is 1. The molecule has 2 aliphatic rings. The van der Waals surface area contributed by atoms with Crippen molar-refractivity contribution in [2.75, 3.05) is 7.11 Å². The average Bonchev–Trinajstić information content (AvgIpc) is 3.17. The van der Waals surface area contributed by atoms with Crippen molar-refractivity contribution in [3.8, 4) is 0 Å². The summed E-state index contributed by atoms with van der Waals surface area (Å²) in [7, 11) is 1.50. The molecule has 1 aromatic heterocycles. The molecule has 0 radical (unpaired) electrons. The van der Waals surface area contributed by atoms with Gasteiger partial charge in [0.25, 0.3) is 0 Å². The number of quaternary nitrogens is 1. The third-order valence-electron chi connectivity index (χ3n) is 8.24. The molecule has 6 heteroatoms. The van der Waals surface area contributed by atoms with Gasteiger partial charge in [0, 0.05) is 0 Å². The molecule has 0 saturated heterocycles. The van der Waals surface area contributed by atoms with Gasteiger partial charge in [-0.15, -0.1) is 0 Å². The van der Waals surface area contributed by atoms with E-state index in [9.17, 15) is 14.7 Å². The zero-order valence-electron chi connectivity index (χ0n) is 19.4. The van der Waals surface area contributed by atoms with E-state index in [0.29, 0.717) is 12.5 Å². The number of carboxylic acids is 1. The first kappa shape index (κ1) is 23.6. The number of carbonyl (C=O) groups excluding carboxylic acids is 2. The number of ether oxygens (including phenoxy) is 1. The van der Waals surface area contributed by atoms with Gasteiger partial charge in [0.2, 0.25) is 0 Å². The van der Waals surface area contributed by atoms with Crippen molar-refractivity contribution in [3.05, 3.63) is 35.8 Å². The first-order chi connectivity index (χ1) is 14.6. The molecule has 5 atom stereocenters. The Kier molecular flexibility index (Phi) is 6.99. The fourth-order valence-corrected chi connectivity index (χ4v) is 6.41. The highest BCUT2D eigenvalue weighted by Crippen LogP contribution is 2.62. The monoisotopic (exact) mass is 431 g/mol. The summed E-state index contributed by atoms with van der Waals surface area (Å²) in [6.45, 7) is 11.0. The second kappa shape index (κ2) is 9.19. The van der Waals surface area contributed by atoms with Crippen molar-refractivity contribution in [3.63, 3.8) is 0 Å². The number of furan rings is 1. The maximum atomic E-state index is 12.7. The van der Waals surface area contributed by atoms with Crippen LogP contribution in [-0.2, 0) is 27.3 Å². The van der Waals surface area contributed by atoms with Crippen molar-refractivity contribution in [2.24, 2.45) is 22.7 Å². The van der Waals surface area contributed by atoms with Gasteiger partial charge in [0.15, 0.2) is 5.76 Å². The molecule has 0 aliphatic heterocycles. The molecule has 2 N–H and O–H groups in total. The van der Waals surface area contributed by atoms with Crippen LogP contribution < -0.4 is 10.4 Å². The minimum atomic E-state index is -1.07. The lowest BCUT2D eigenvalue weighted by Gasteiger charge is -2.57. The van der Waals surface area contributed by atoms with Crippen LogP contribution in [0.25, 0.3) is 0 Å². The van der Waals surface area contributed by atoms with E-state index in [-0.39, 0.29) is 17.3 Å². The Labute approximate surface area is 185 Å². The van der Waals surface area contributed by atoms with Gasteiger partial charge in [-0.3, -0.25) is 4.79 Å². The van der Waals surface area contributed by atoms with Crippen molar-refractivity contribution in [2.45, 2.75) is 78.3 Å². The molecule has 6 nitrogen and oxygen atoms in total. The van der Waals surface area contributed by atoms with Crippen LogP contribution in [0.4, 0.5) is 0 Å². The number of nitrogens with two attached hydrogens (primary N) is 1. The number of hydrogen-bond donors (Lipinski definition) is 1. The summed E-state index contributed by atoms with van der Waals surface area (Å²) in [5, 5.41) is 12.7. The second-order valence-corrected chi connectivity index (χ2v) is 10.0. The number of esters is 1. The van der Waals surface area contributed by atoms with E-state index >= 15 is 0 Å². The van der Waals surface area contributed by atoms with E-state index in [1.807, 2.05) is 6.07 Å². The Morgan fingerprint density at radius 3 is 2.81 bits per heavy atom. The highest BCUT2D eigenvalue weighted by atomic mass is 16.5. The van der Waals surface area contributed by atoms with Gasteiger partial charge in [0.1, 0.15) is 12.6 Å². The highest BCUT2D eigenvalue weighted by Gasteiger charge is 2.57.